The van der Waals surface area contributed by atoms with Crippen LogP contribution < -0.4 is 4.48 Å². The summed E-state index contributed by atoms with van der Waals surface area (Å²) >= 11 is 0. The van der Waals surface area contributed by atoms with Gasteiger partial charge in [0.05, 0.1) is 32.4 Å². The molecule has 1 aliphatic rings. The fourth-order valence-electron chi connectivity index (χ4n) is 2.98. The van der Waals surface area contributed by atoms with Gasteiger partial charge in [-0.05, 0) is 35.9 Å². The molecule has 3 aromatic rings. The first-order chi connectivity index (χ1) is 11.6. The number of amides is 1. The molecule has 0 atom stereocenters. The summed E-state index contributed by atoms with van der Waals surface area (Å²) in [6.45, 7) is 0. The van der Waals surface area contributed by atoms with Gasteiger partial charge in [-0.15, -0.1) is 0 Å². The molecule has 1 saturated carbocycles. The van der Waals surface area contributed by atoms with Crippen LogP contribution >= 0.6 is 0 Å². The Labute approximate surface area is 140 Å². The Morgan fingerprint density at radius 2 is 1.83 bits per heavy atom. The first-order valence-electron chi connectivity index (χ1n) is 8.11. The van der Waals surface area contributed by atoms with Crippen molar-refractivity contribution in [1.29, 1.82) is 0 Å². The van der Waals surface area contributed by atoms with E-state index in [0.29, 0.717) is 0 Å². The van der Waals surface area contributed by atoms with Crippen LogP contribution in [0, 0.1) is 5.92 Å². The van der Waals surface area contributed by atoms with Crippen molar-refractivity contribution in [3.63, 3.8) is 0 Å². The molecule has 1 aliphatic carbocycles. The second-order valence-corrected chi connectivity index (χ2v) is 6.80. The Kier molecular flexibility index (Phi) is 3.39. The molecule has 24 heavy (non-hydrogen) atoms. The molecule has 0 spiro atoms. The molecule has 0 saturated heterocycles. The average molecular weight is 319 g/mol. The van der Waals surface area contributed by atoms with E-state index in [9.17, 15) is 4.79 Å². The van der Waals surface area contributed by atoms with Crippen LogP contribution in [0.3, 0.4) is 0 Å². The summed E-state index contributed by atoms with van der Waals surface area (Å²) in [5.41, 5.74) is 2.10. The Hall–Kier alpha value is -2.66. The zero-order valence-corrected chi connectivity index (χ0v) is 13.8. The quantitative estimate of drug-likeness (QED) is 0.696. The highest BCUT2D eigenvalue weighted by atomic mass is 16.2. The number of quaternary nitrogens is 1. The highest BCUT2D eigenvalue weighted by Crippen LogP contribution is 2.35. The standard InChI is InChI=1S/C19H19N4O/c1-23(2,19(24)13-3-4-13)18-10-15-6-5-14(9-17(15)11-20-18)16-7-8-21-22-12-16/h5-13H,3-4H2,1-2H3/q+1. The molecule has 1 aromatic carbocycles. The second-order valence-electron chi connectivity index (χ2n) is 6.80. The van der Waals surface area contributed by atoms with Crippen molar-refractivity contribution in [1.82, 2.24) is 19.7 Å². The molecule has 2 aromatic heterocycles. The third kappa shape index (κ3) is 2.57. The second kappa shape index (κ2) is 5.46. The normalized spacial score (nSPS) is 14.8. The summed E-state index contributed by atoms with van der Waals surface area (Å²) in [5.74, 6) is 1.25. The van der Waals surface area contributed by atoms with Crippen molar-refractivity contribution < 1.29 is 4.79 Å². The van der Waals surface area contributed by atoms with Crippen LogP contribution in [-0.4, -0.2) is 35.2 Å². The van der Waals surface area contributed by atoms with E-state index in [4.69, 9.17) is 0 Å². The highest BCUT2D eigenvalue weighted by molar-refractivity contribution is 5.93. The van der Waals surface area contributed by atoms with Crippen LogP contribution in [0.1, 0.15) is 12.8 Å². The molecule has 0 unspecified atom stereocenters. The largest absolute Gasteiger partial charge is 0.322 e. The number of aromatic nitrogens is 3. The molecular weight excluding hydrogens is 300 g/mol. The van der Waals surface area contributed by atoms with E-state index in [1.54, 1.807) is 12.4 Å². The van der Waals surface area contributed by atoms with Crippen LogP contribution in [0.2, 0.25) is 0 Å². The van der Waals surface area contributed by atoms with Crippen molar-refractivity contribution in [2.75, 3.05) is 14.1 Å². The van der Waals surface area contributed by atoms with E-state index in [2.05, 4.69) is 33.4 Å². The lowest BCUT2D eigenvalue weighted by Gasteiger charge is -2.25. The van der Waals surface area contributed by atoms with Gasteiger partial charge in [0.2, 0.25) is 5.82 Å². The predicted molar refractivity (Wildman–Crippen MR) is 94.1 cm³/mol. The molecule has 2 heterocycles. The summed E-state index contributed by atoms with van der Waals surface area (Å²) in [6, 6.07) is 10.2. The van der Waals surface area contributed by atoms with Crippen LogP contribution in [0.4, 0.5) is 5.82 Å². The minimum absolute atomic E-state index is 0.205. The third-order valence-electron chi connectivity index (χ3n) is 4.68. The minimum atomic E-state index is 0.205. The number of rotatable bonds is 3. The van der Waals surface area contributed by atoms with Gasteiger partial charge in [0.15, 0.2) is 0 Å². The number of benzene rings is 1. The predicted octanol–water partition coefficient (Wildman–Crippen LogP) is 3.20. The summed E-state index contributed by atoms with van der Waals surface area (Å²) in [4.78, 5) is 17.1. The first kappa shape index (κ1) is 14.9. The van der Waals surface area contributed by atoms with E-state index in [1.807, 2.05) is 32.4 Å². The van der Waals surface area contributed by atoms with Gasteiger partial charge in [-0.25, -0.2) is 14.3 Å². The zero-order valence-electron chi connectivity index (χ0n) is 13.8. The average Bonchev–Trinajstić information content (AvgIpc) is 3.46. The Bertz CT molecular complexity index is 917. The molecule has 120 valence electrons. The molecule has 0 bridgehead atoms. The van der Waals surface area contributed by atoms with E-state index in [0.717, 1.165) is 40.6 Å². The van der Waals surface area contributed by atoms with Gasteiger partial charge in [0.1, 0.15) is 0 Å². The molecule has 0 radical (unpaired) electrons. The van der Waals surface area contributed by atoms with Gasteiger partial charge in [-0.2, -0.15) is 10.2 Å². The van der Waals surface area contributed by atoms with Gasteiger partial charge in [-0.3, -0.25) is 0 Å². The smallest absolute Gasteiger partial charge is 0.230 e. The number of carbonyl (C=O) groups is 1. The molecule has 0 aliphatic heterocycles. The Balaban J connectivity index is 1.73. The molecule has 5 heteroatoms. The summed E-state index contributed by atoms with van der Waals surface area (Å²) in [7, 11) is 3.84. The molecule has 5 nitrogen and oxygen atoms in total. The number of nitrogens with zero attached hydrogens (tertiary/aromatic N) is 4. The maximum absolute atomic E-state index is 12.5. The van der Waals surface area contributed by atoms with E-state index in [-0.39, 0.29) is 16.3 Å². The maximum atomic E-state index is 12.5. The van der Waals surface area contributed by atoms with Crippen molar-refractivity contribution in [3.05, 3.63) is 48.9 Å². The van der Waals surface area contributed by atoms with Gasteiger partial charge < -0.3 is 0 Å². The molecule has 1 amide bonds. The lowest BCUT2D eigenvalue weighted by molar-refractivity contribution is -0.129. The minimum Gasteiger partial charge on any atom is -0.230 e. The van der Waals surface area contributed by atoms with Gasteiger partial charge >= 0.3 is 5.91 Å². The summed E-state index contributed by atoms with van der Waals surface area (Å²) in [6.07, 6.45) is 7.31. The SMILES string of the molecule is C[N+](C)(C(=O)C1CC1)c1cc2ccc(-c3ccnnc3)cc2cn1. The van der Waals surface area contributed by atoms with Crippen LogP contribution in [-0.2, 0) is 4.79 Å². The van der Waals surface area contributed by atoms with Crippen molar-refractivity contribution in [3.8, 4) is 11.1 Å². The summed E-state index contributed by atoms with van der Waals surface area (Å²) in [5, 5.41) is 9.87. The van der Waals surface area contributed by atoms with Gasteiger partial charge in [-0.1, -0.05) is 12.1 Å². The number of hydrogen-bond donors (Lipinski definition) is 0. The van der Waals surface area contributed by atoms with Crippen LogP contribution in [0.5, 0.6) is 0 Å². The monoisotopic (exact) mass is 319 g/mol. The maximum Gasteiger partial charge on any atom is 0.322 e. The highest BCUT2D eigenvalue weighted by Gasteiger charge is 2.43. The van der Waals surface area contributed by atoms with Crippen LogP contribution in [0.25, 0.3) is 21.9 Å². The van der Waals surface area contributed by atoms with Crippen LogP contribution in [0.15, 0.2) is 48.9 Å². The van der Waals surface area contributed by atoms with Crippen molar-refractivity contribution >= 4 is 22.5 Å². The molecule has 4 rings (SSSR count). The van der Waals surface area contributed by atoms with E-state index in [1.165, 1.54) is 0 Å². The Morgan fingerprint density at radius 1 is 1.00 bits per heavy atom. The number of carbonyl (C=O) groups excluding carboxylic acids is 1. The summed E-state index contributed by atoms with van der Waals surface area (Å²) < 4.78 is 0.205. The number of pyridine rings is 1. The topological polar surface area (TPSA) is 55.7 Å². The fourth-order valence-corrected chi connectivity index (χ4v) is 2.98. The first-order valence-corrected chi connectivity index (χ1v) is 8.11. The zero-order chi connectivity index (χ0) is 16.7. The van der Waals surface area contributed by atoms with Gasteiger partial charge in [0.25, 0.3) is 0 Å². The molecular formula is C19H19N4O+. The van der Waals surface area contributed by atoms with Crippen molar-refractivity contribution in [2.24, 2.45) is 5.92 Å². The molecule has 1 fully saturated rings. The fraction of sp³-hybridized carbons (Fsp3) is 0.263. The lowest BCUT2D eigenvalue weighted by Crippen LogP contribution is -2.48. The van der Waals surface area contributed by atoms with E-state index >= 15 is 0 Å². The number of hydrogen-bond acceptors (Lipinski definition) is 4. The van der Waals surface area contributed by atoms with Crippen molar-refractivity contribution in [2.45, 2.75) is 12.8 Å². The lowest BCUT2D eigenvalue weighted by atomic mass is 10.0. The molecule has 0 N–H and O–H groups in total. The Morgan fingerprint density at radius 3 is 2.54 bits per heavy atom. The third-order valence-corrected chi connectivity index (χ3v) is 4.68. The number of fused-ring (bicyclic) bond motifs is 1. The van der Waals surface area contributed by atoms with E-state index < -0.39 is 0 Å². The van der Waals surface area contributed by atoms with Gasteiger partial charge in [0, 0.05) is 23.2 Å².